The first-order valence-corrected chi connectivity index (χ1v) is 9.48. The highest BCUT2D eigenvalue weighted by Crippen LogP contribution is 2.28. The highest BCUT2D eigenvalue weighted by Gasteiger charge is 2.10. The molecule has 0 N–H and O–H groups in total. The molecule has 0 fully saturated rings. The summed E-state index contributed by atoms with van der Waals surface area (Å²) in [5, 5.41) is 9.43. The molecule has 0 aliphatic carbocycles. The van der Waals surface area contributed by atoms with E-state index in [1.807, 2.05) is 58.7 Å². The number of hydrogen-bond acceptors (Lipinski definition) is 7. The second-order valence-corrected chi connectivity index (χ2v) is 7.00. The Kier molecular flexibility index (Phi) is 4.10. The van der Waals surface area contributed by atoms with Crippen molar-refractivity contribution in [1.29, 1.82) is 0 Å². The number of hydrogen-bond donors (Lipinski definition) is 0. The predicted molar refractivity (Wildman–Crippen MR) is 107 cm³/mol. The van der Waals surface area contributed by atoms with E-state index in [-0.39, 0.29) is 0 Å². The van der Waals surface area contributed by atoms with Crippen LogP contribution in [0.3, 0.4) is 0 Å². The van der Waals surface area contributed by atoms with Gasteiger partial charge in [-0.2, -0.15) is 0 Å². The molecule has 0 aliphatic rings. The number of fused-ring (bicyclic) bond motifs is 2. The fraction of sp³-hybridized carbons (Fsp3) is 0.100. The number of ether oxygens (including phenoxy) is 2. The van der Waals surface area contributed by atoms with Crippen molar-refractivity contribution in [3.63, 3.8) is 0 Å². The smallest absolute Gasteiger partial charge is 0.175 e. The van der Waals surface area contributed by atoms with Crippen LogP contribution in [0.25, 0.3) is 27.0 Å². The molecule has 7 nitrogen and oxygen atoms in total. The van der Waals surface area contributed by atoms with Crippen molar-refractivity contribution < 1.29 is 9.47 Å². The Hall–Kier alpha value is -3.52. The Morgan fingerprint density at radius 1 is 1.11 bits per heavy atom. The van der Waals surface area contributed by atoms with E-state index < -0.39 is 0 Å². The summed E-state index contributed by atoms with van der Waals surface area (Å²) < 4.78 is 13.3. The van der Waals surface area contributed by atoms with E-state index in [0.29, 0.717) is 6.61 Å². The van der Waals surface area contributed by atoms with Gasteiger partial charge < -0.3 is 9.47 Å². The molecule has 0 radical (unpaired) electrons. The van der Waals surface area contributed by atoms with Crippen molar-refractivity contribution in [2.24, 2.45) is 0 Å². The van der Waals surface area contributed by atoms with Crippen LogP contribution in [-0.2, 0) is 6.61 Å². The first-order valence-electron chi connectivity index (χ1n) is 8.60. The second kappa shape index (κ2) is 6.90. The molecular weight excluding hydrogens is 374 g/mol. The van der Waals surface area contributed by atoms with Gasteiger partial charge in [0.1, 0.15) is 18.1 Å². The lowest BCUT2D eigenvalue weighted by molar-refractivity contribution is 0.298. The lowest BCUT2D eigenvalue weighted by Crippen LogP contribution is -2.02. The summed E-state index contributed by atoms with van der Waals surface area (Å²) >= 11 is 1.59. The Morgan fingerprint density at radius 2 is 2.07 bits per heavy atom. The zero-order valence-corrected chi connectivity index (χ0v) is 15.8. The fourth-order valence-corrected chi connectivity index (χ4v) is 3.65. The average Bonchev–Trinajstić information content (AvgIpc) is 3.41. The average molecular weight is 389 g/mol. The van der Waals surface area contributed by atoms with Crippen molar-refractivity contribution in [1.82, 2.24) is 24.6 Å². The third-order valence-corrected chi connectivity index (χ3v) is 5.28. The Morgan fingerprint density at radius 3 is 2.93 bits per heavy atom. The Labute approximate surface area is 164 Å². The molecule has 28 heavy (non-hydrogen) atoms. The van der Waals surface area contributed by atoms with Crippen LogP contribution in [0.4, 0.5) is 0 Å². The number of rotatable bonds is 5. The third-order valence-electron chi connectivity index (χ3n) is 4.46. The van der Waals surface area contributed by atoms with Gasteiger partial charge in [-0.05, 0) is 30.3 Å². The highest BCUT2D eigenvalue weighted by atomic mass is 32.1. The maximum absolute atomic E-state index is 6.06. The van der Waals surface area contributed by atoms with Crippen LogP contribution in [0.15, 0.2) is 60.5 Å². The number of thiazole rings is 1. The van der Waals surface area contributed by atoms with Crippen molar-refractivity contribution >= 4 is 27.9 Å². The van der Waals surface area contributed by atoms with Gasteiger partial charge in [0.15, 0.2) is 11.5 Å². The number of aromatic nitrogens is 5. The van der Waals surface area contributed by atoms with Crippen molar-refractivity contribution in [3.8, 4) is 21.9 Å². The lowest BCUT2D eigenvalue weighted by Gasteiger charge is -2.09. The van der Waals surface area contributed by atoms with Crippen LogP contribution >= 0.6 is 11.3 Å². The first-order chi connectivity index (χ1) is 13.8. The molecule has 0 spiro atoms. The van der Waals surface area contributed by atoms with Gasteiger partial charge in [-0.1, -0.05) is 0 Å². The van der Waals surface area contributed by atoms with Crippen LogP contribution < -0.4 is 9.47 Å². The fourth-order valence-electron chi connectivity index (χ4n) is 3.04. The molecule has 0 saturated carbocycles. The van der Waals surface area contributed by atoms with Gasteiger partial charge in [-0.3, -0.25) is 14.4 Å². The summed E-state index contributed by atoms with van der Waals surface area (Å²) in [5.74, 6) is 2.22. The van der Waals surface area contributed by atoms with Crippen LogP contribution in [0, 0.1) is 0 Å². The van der Waals surface area contributed by atoms with Crippen LogP contribution in [-0.4, -0.2) is 31.7 Å². The zero-order chi connectivity index (χ0) is 18.9. The standard InChI is InChI=1S/C20H15N5O2S/c1-26-14-3-4-15-16(8-14)22-7-6-17(15)27-11-20-24-23-19-5-2-13(10-25(19)20)18-9-21-12-28-18/h2-10,12H,11H2,1H3. The van der Waals surface area contributed by atoms with Crippen LogP contribution in [0.2, 0.25) is 0 Å². The van der Waals surface area contributed by atoms with Gasteiger partial charge in [0.05, 0.1) is 23.0 Å². The van der Waals surface area contributed by atoms with Gasteiger partial charge in [-0.15, -0.1) is 21.5 Å². The van der Waals surface area contributed by atoms with Gasteiger partial charge in [0, 0.05) is 35.6 Å². The third kappa shape index (κ3) is 2.93. The SMILES string of the molecule is COc1ccc2c(OCc3nnc4ccc(-c5cncs5)cn34)ccnc2c1. The molecule has 1 aromatic carbocycles. The van der Waals surface area contributed by atoms with Crippen molar-refractivity contribution in [2.75, 3.05) is 7.11 Å². The van der Waals surface area contributed by atoms with E-state index in [1.54, 1.807) is 24.6 Å². The highest BCUT2D eigenvalue weighted by molar-refractivity contribution is 7.13. The first kappa shape index (κ1) is 16.6. The zero-order valence-electron chi connectivity index (χ0n) is 14.9. The summed E-state index contributed by atoms with van der Waals surface area (Å²) in [6.07, 6.45) is 5.59. The van der Waals surface area contributed by atoms with E-state index in [0.717, 1.165) is 44.3 Å². The minimum Gasteiger partial charge on any atom is -0.497 e. The van der Waals surface area contributed by atoms with Gasteiger partial charge in [-0.25, -0.2) is 0 Å². The molecule has 0 bridgehead atoms. The maximum atomic E-state index is 6.06. The molecule has 5 aromatic rings. The Balaban J connectivity index is 1.46. The summed E-state index contributed by atoms with van der Waals surface area (Å²) in [4.78, 5) is 9.63. The molecule has 0 amide bonds. The van der Waals surface area contributed by atoms with Crippen LogP contribution in [0.5, 0.6) is 11.5 Å². The second-order valence-electron chi connectivity index (χ2n) is 6.11. The maximum Gasteiger partial charge on any atom is 0.175 e. The topological polar surface area (TPSA) is 74.4 Å². The summed E-state index contributed by atoms with van der Waals surface area (Å²) in [6.45, 7) is 0.290. The van der Waals surface area contributed by atoms with E-state index in [1.165, 1.54) is 0 Å². The number of pyridine rings is 2. The number of nitrogens with zero attached hydrogens (tertiary/aromatic N) is 5. The van der Waals surface area contributed by atoms with Crippen molar-refractivity contribution in [2.45, 2.75) is 6.61 Å². The lowest BCUT2D eigenvalue weighted by atomic mass is 10.2. The molecule has 138 valence electrons. The number of benzene rings is 1. The monoisotopic (exact) mass is 389 g/mol. The van der Waals surface area contributed by atoms with Crippen molar-refractivity contribution in [3.05, 3.63) is 66.3 Å². The predicted octanol–water partition coefficient (Wildman–Crippen LogP) is 3.99. The molecule has 5 rings (SSSR count). The van der Waals surface area contributed by atoms with Crippen LogP contribution in [0.1, 0.15) is 5.82 Å². The van der Waals surface area contributed by atoms with Gasteiger partial charge in [0.25, 0.3) is 0 Å². The normalized spacial score (nSPS) is 11.2. The minimum atomic E-state index is 0.290. The van der Waals surface area contributed by atoms with Gasteiger partial charge in [0.2, 0.25) is 0 Å². The molecule has 4 heterocycles. The molecule has 4 aromatic heterocycles. The Bertz CT molecular complexity index is 1270. The van der Waals surface area contributed by atoms with E-state index >= 15 is 0 Å². The van der Waals surface area contributed by atoms with E-state index in [9.17, 15) is 0 Å². The summed E-state index contributed by atoms with van der Waals surface area (Å²) in [6, 6.07) is 11.5. The molecule has 0 atom stereocenters. The molecule has 0 unspecified atom stereocenters. The van der Waals surface area contributed by atoms with E-state index in [4.69, 9.17) is 9.47 Å². The summed E-state index contributed by atoms with van der Waals surface area (Å²) in [7, 11) is 1.64. The quantitative estimate of drug-likeness (QED) is 0.452. The molecule has 0 saturated heterocycles. The largest absolute Gasteiger partial charge is 0.497 e. The number of methoxy groups -OCH3 is 1. The molecule has 0 aliphatic heterocycles. The minimum absolute atomic E-state index is 0.290. The molecular formula is C20H15N5O2S. The van der Waals surface area contributed by atoms with E-state index in [2.05, 4.69) is 20.2 Å². The summed E-state index contributed by atoms with van der Waals surface area (Å²) in [5.41, 5.74) is 4.48. The van der Waals surface area contributed by atoms with Gasteiger partial charge >= 0.3 is 0 Å². The molecule has 8 heteroatoms.